The van der Waals surface area contributed by atoms with Crippen molar-refractivity contribution < 1.29 is 4.79 Å². The van der Waals surface area contributed by atoms with Gasteiger partial charge in [-0.2, -0.15) is 0 Å². The summed E-state index contributed by atoms with van der Waals surface area (Å²) in [7, 11) is 1.75. The molecule has 2 N–H and O–H groups in total. The zero-order valence-electron chi connectivity index (χ0n) is 9.69. The Morgan fingerprint density at radius 2 is 2.38 bits per heavy atom. The maximum atomic E-state index is 11.9. The number of hydrogen-bond acceptors (Lipinski definition) is 4. The van der Waals surface area contributed by atoms with Crippen LogP contribution in [0.25, 0.3) is 0 Å². The molecule has 0 spiro atoms. The van der Waals surface area contributed by atoms with Crippen LogP contribution in [-0.4, -0.2) is 35.9 Å². The van der Waals surface area contributed by atoms with E-state index in [9.17, 15) is 4.79 Å². The van der Waals surface area contributed by atoms with Gasteiger partial charge < -0.3 is 10.6 Å². The molecule has 1 amide bonds. The van der Waals surface area contributed by atoms with Crippen LogP contribution in [0.15, 0.2) is 17.5 Å². The minimum absolute atomic E-state index is 0.0671. The van der Waals surface area contributed by atoms with Crippen LogP contribution in [0.1, 0.15) is 22.4 Å². The summed E-state index contributed by atoms with van der Waals surface area (Å²) < 4.78 is 0. The van der Waals surface area contributed by atoms with Crippen LogP contribution in [0, 0.1) is 0 Å². The molecule has 0 radical (unpaired) electrons. The molecule has 5 heteroatoms. The van der Waals surface area contributed by atoms with Gasteiger partial charge in [-0.15, -0.1) is 11.3 Å². The Morgan fingerprint density at radius 1 is 1.69 bits per heavy atom. The molecule has 0 fully saturated rings. The number of rotatable bonds is 5. The molecule has 0 aromatic carbocycles. The van der Waals surface area contributed by atoms with Crippen LogP contribution in [0.4, 0.5) is 0 Å². The van der Waals surface area contributed by atoms with Gasteiger partial charge in [0.2, 0.25) is 0 Å². The first-order valence-corrected chi connectivity index (χ1v) is 5.97. The van der Waals surface area contributed by atoms with Crippen LogP contribution in [0.5, 0.6) is 0 Å². The fourth-order valence-electron chi connectivity index (χ4n) is 1.32. The SMILES string of the molecule is C=C(C)CN(C)C(=O)c1csc(CCN)n1. The van der Waals surface area contributed by atoms with Crippen molar-refractivity contribution in [2.24, 2.45) is 5.73 Å². The zero-order valence-corrected chi connectivity index (χ0v) is 10.5. The maximum absolute atomic E-state index is 11.9. The first kappa shape index (κ1) is 12.9. The Bertz CT molecular complexity index is 386. The maximum Gasteiger partial charge on any atom is 0.273 e. The van der Waals surface area contributed by atoms with Gasteiger partial charge in [0.1, 0.15) is 5.69 Å². The van der Waals surface area contributed by atoms with Gasteiger partial charge in [0.05, 0.1) is 5.01 Å². The minimum atomic E-state index is -0.0671. The van der Waals surface area contributed by atoms with Gasteiger partial charge in [0.15, 0.2) is 0 Å². The predicted molar refractivity (Wildman–Crippen MR) is 66.6 cm³/mol. The smallest absolute Gasteiger partial charge is 0.273 e. The van der Waals surface area contributed by atoms with Crippen LogP contribution in [0.2, 0.25) is 0 Å². The van der Waals surface area contributed by atoms with Gasteiger partial charge in [-0.05, 0) is 13.5 Å². The molecular formula is C11H17N3OS. The van der Waals surface area contributed by atoms with Crippen LogP contribution < -0.4 is 5.73 Å². The first-order valence-electron chi connectivity index (χ1n) is 5.09. The lowest BCUT2D eigenvalue weighted by Gasteiger charge is -2.15. The third kappa shape index (κ3) is 3.43. The Balaban J connectivity index is 2.68. The monoisotopic (exact) mass is 239 g/mol. The largest absolute Gasteiger partial charge is 0.336 e. The Morgan fingerprint density at radius 3 is 2.94 bits per heavy atom. The standard InChI is InChI=1S/C11H17N3OS/c1-8(2)6-14(3)11(15)9-7-16-10(13-9)4-5-12/h7H,1,4-6,12H2,2-3H3. The molecule has 88 valence electrons. The number of hydrogen-bond donors (Lipinski definition) is 1. The van der Waals surface area contributed by atoms with E-state index in [1.165, 1.54) is 11.3 Å². The van der Waals surface area contributed by atoms with E-state index in [4.69, 9.17) is 5.73 Å². The molecule has 1 heterocycles. The molecule has 1 aromatic rings. The van der Waals surface area contributed by atoms with E-state index in [1.54, 1.807) is 17.3 Å². The summed E-state index contributed by atoms with van der Waals surface area (Å²) in [5.41, 5.74) is 6.88. The van der Waals surface area contributed by atoms with Gasteiger partial charge in [-0.1, -0.05) is 12.2 Å². The van der Waals surface area contributed by atoms with Crippen molar-refractivity contribution in [1.82, 2.24) is 9.88 Å². The van der Waals surface area contributed by atoms with E-state index in [0.717, 1.165) is 17.0 Å². The normalized spacial score (nSPS) is 10.2. The fourth-order valence-corrected chi connectivity index (χ4v) is 2.11. The quantitative estimate of drug-likeness (QED) is 0.788. The lowest BCUT2D eigenvalue weighted by Crippen LogP contribution is -2.28. The van der Waals surface area contributed by atoms with Crippen LogP contribution in [-0.2, 0) is 6.42 Å². The highest BCUT2D eigenvalue weighted by molar-refractivity contribution is 7.09. The Kier molecular flexibility index (Phi) is 4.64. The second kappa shape index (κ2) is 5.77. The van der Waals surface area contributed by atoms with Crippen LogP contribution >= 0.6 is 11.3 Å². The van der Waals surface area contributed by atoms with E-state index >= 15 is 0 Å². The molecule has 1 rings (SSSR count). The number of carbonyl (C=O) groups excluding carboxylic acids is 1. The summed E-state index contributed by atoms with van der Waals surface area (Å²) in [6.45, 7) is 6.79. The van der Waals surface area contributed by atoms with E-state index in [0.29, 0.717) is 18.8 Å². The third-order valence-corrected chi connectivity index (χ3v) is 2.89. The summed E-state index contributed by atoms with van der Waals surface area (Å²) in [6, 6.07) is 0. The Labute approximate surface area is 99.8 Å². The van der Waals surface area contributed by atoms with E-state index in [-0.39, 0.29) is 5.91 Å². The summed E-state index contributed by atoms with van der Waals surface area (Å²) in [5, 5.41) is 2.69. The van der Waals surface area contributed by atoms with Gasteiger partial charge in [0.25, 0.3) is 5.91 Å². The number of amides is 1. The molecule has 1 aromatic heterocycles. The second-order valence-electron chi connectivity index (χ2n) is 3.78. The van der Waals surface area contributed by atoms with Crippen molar-refractivity contribution in [2.75, 3.05) is 20.1 Å². The molecule has 0 aliphatic heterocycles. The van der Waals surface area contributed by atoms with Crippen molar-refractivity contribution >= 4 is 17.2 Å². The van der Waals surface area contributed by atoms with E-state index < -0.39 is 0 Å². The van der Waals surface area contributed by atoms with Crippen molar-refractivity contribution in [2.45, 2.75) is 13.3 Å². The summed E-state index contributed by atoms with van der Waals surface area (Å²) in [4.78, 5) is 17.8. The number of carbonyl (C=O) groups is 1. The van der Waals surface area contributed by atoms with Crippen molar-refractivity contribution in [3.8, 4) is 0 Å². The average Bonchev–Trinajstić information content (AvgIpc) is 2.64. The number of nitrogens with zero attached hydrogens (tertiary/aromatic N) is 2. The third-order valence-electron chi connectivity index (χ3n) is 1.98. The molecule has 0 saturated carbocycles. The van der Waals surface area contributed by atoms with Gasteiger partial charge >= 0.3 is 0 Å². The highest BCUT2D eigenvalue weighted by Crippen LogP contribution is 2.12. The zero-order chi connectivity index (χ0) is 12.1. The van der Waals surface area contributed by atoms with Gasteiger partial charge in [-0.25, -0.2) is 4.98 Å². The molecule has 0 atom stereocenters. The van der Waals surface area contributed by atoms with Crippen molar-refractivity contribution in [1.29, 1.82) is 0 Å². The number of thiazole rings is 1. The van der Waals surface area contributed by atoms with Crippen molar-refractivity contribution in [3.63, 3.8) is 0 Å². The Hall–Kier alpha value is -1.20. The highest BCUT2D eigenvalue weighted by atomic mass is 32.1. The molecule has 0 aliphatic rings. The molecule has 0 bridgehead atoms. The molecule has 0 unspecified atom stereocenters. The molecule has 4 nitrogen and oxygen atoms in total. The minimum Gasteiger partial charge on any atom is -0.336 e. The molecule has 0 saturated heterocycles. The van der Waals surface area contributed by atoms with E-state index in [2.05, 4.69) is 11.6 Å². The first-order chi connectivity index (χ1) is 7.54. The summed E-state index contributed by atoms with van der Waals surface area (Å²) in [6.07, 6.45) is 0.724. The molecule has 16 heavy (non-hydrogen) atoms. The summed E-state index contributed by atoms with van der Waals surface area (Å²) in [5.74, 6) is -0.0671. The predicted octanol–water partition coefficient (Wildman–Crippen LogP) is 1.29. The number of likely N-dealkylation sites (N-methyl/N-ethyl adjacent to an activating group) is 1. The topological polar surface area (TPSA) is 59.2 Å². The average molecular weight is 239 g/mol. The molecule has 0 aliphatic carbocycles. The van der Waals surface area contributed by atoms with Gasteiger partial charge in [-0.3, -0.25) is 4.79 Å². The lowest BCUT2D eigenvalue weighted by atomic mass is 10.3. The van der Waals surface area contributed by atoms with Crippen LogP contribution in [0.3, 0.4) is 0 Å². The number of nitrogens with two attached hydrogens (primary N) is 1. The van der Waals surface area contributed by atoms with Gasteiger partial charge in [0, 0.05) is 25.4 Å². The van der Waals surface area contributed by atoms with E-state index in [1.807, 2.05) is 6.92 Å². The summed E-state index contributed by atoms with van der Waals surface area (Å²) >= 11 is 1.48. The highest BCUT2D eigenvalue weighted by Gasteiger charge is 2.14. The fraction of sp³-hybridized carbons (Fsp3) is 0.455. The molecular weight excluding hydrogens is 222 g/mol. The second-order valence-corrected chi connectivity index (χ2v) is 4.73. The van der Waals surface area contributed by atoms with Crippen molar-refractivity contribution in [3.05, 3.63) is 28.2 Å². The number of aromatic nitrogens is 1. The lowest BCUT2D eigenvalue weighted by molar-refractivity contribution is 0.0802.